The molecule has 0 unspecified atom stereocenters. The summed E-state index contributed by atoms with van der Waals surface area (Å²) in [7, 11) is 0. The van der Waals surface area contributed by atoms with Crippen LogP contribution in [0.5, 0.6) is 0 Å². The summed E-state index contributed by atoms with van der Waals surface area (Å²) < 4.78 is 0.935. The van der Waals surface area contributed by atoms with Crippen LogP contribution < -0.4 is 10.6 Å². The van der Waals surface area contributed by atoms with Crippen molar-refractivity contribution in [3.8, 4) is 0 Å². The van der Waals surface area contributed by atoms with Gasteiger partial charge in [-0.2, -0.15) is 0 Å². The third-order valence-corrected chi connectivity index (χ3v) is 3.86. The highest BCUT2D eigenvalue weighted by Crippen LogP contribution is 2.33. The van der Waals surface area contributed by atoms with Gasteiger partial charge in [-0.05, 0) is 41.1 Å². The number of rotatable bonds is 8. The van der Waals surface area contributed by atoms with Crippen LogP contribution in [0.15, 0.2) is 10.8 Å². The van der Waals surface area contributed by atoms with Crippen LogP contribution in [-0.4, -0.2) is 23.1 Å². The van der Waals surface area contributed by atoms with Crippen LogP contribution in [0.4, 0.5) is 11.6 Å². The molecule has 1 aliphatic carbocycles. The number of anilines is 2. The molecule has 0 aliphatic heterocycles. The Hall–Kier alpha value is -0.840. The molecule has 1 aliphatic rings. The fraction of sp³-hybridized carbons (Fsp3) is 0.692. The average molecular weight is 313 g/mol. The molecule has 2 rings (SSSR count). The van der Waals surface area contributed by atoms with Crippen molar-refractivity contribution in [2.75, 3.05) is 23.7 Å². The molecule has 1 saturated carbocycles. The molecule has 1 aromatic rings. The number of nitrogens with one attached hydrogen (secondary N) is 2. The van der Waals surface area contributed by atoms with Crippen LogP contribution in [0.1, 0.15) is 39.0 Å². The first kappa shape index (κ1) is 13.6. The molecule has 5 heteroatoms. The Morgan fingerprint density at radius 2 is 1.89 bits per heavy atom. The minimum atomic E-state index is 0.872. The van der Waals surface area contributed by atoms with Gasteiger partial charge in [-0.15, -0.1) is 0 Å². The summed E-state index contributed by atoms with van der Waals surface area (Å²) in [6.45, 7) is 4.05. The van der Waals surface area contributed by atoms with Crippen LogP contribution >= 0.6 is 15.9 Å². The van der Waals surface area contributed by atoms with Gasteiger partial charge >= 0.3 is 0 Å². The van der Waals surface area contributed by atoms with E-state index in [-0.39, 0.29) is 0 Å². The molecule has 0 saturated heterocycles. The molecule has 0 radical (unpaired) electrons. The smallest absolute Gasteiger partial charge is 0.145 e. The summed E-state index contributed by atoms with van der Waals surface area (Å²) in [4.78, 5) is 8.50. The summed E-state index contributed by atoms with van der Waals surface area (Å²) in [5, 5.41) is 6.66. The lowest BCUT2D eigenvalue weighted by Gasteiger charge is -2.11. The van der Waals surface area contributed by atoms with Gasteiger partial charge in [0.2, 0.25) is 0 Å². The van der Waals surface area contributed by atoms with E-state index in [1.165, 1.54) is 25.7 Å². The van der Waals surface area contributed by atoms with E-state index in [0.717, 1.165) is 41.5 Å². The van der Waals surface area contributed by atoms with Crippen molar-refractivity contribution < 1.29 is 0 Å². The topological polar surface area (TPSA) is 49.8 Å². The Labute approximate surface area is 117 Å². The molecular weight excluding hydrogens is 292 g/mol. The lowest BCUT2D eigenvalue weighted by molar-refractivity contribution is 0.686. The van der Waals surface area contributed by atoms with Crippen LogP contribution in [0.3, 0.4) is 0 Å². The lowest BCUT2D eigenvalue weighted by atomic mass is 10.2. The third kappa shape index (κ3) is 4.12. The lowest BCUT2D eigenvalue weighted by Crippen LogP contribution is -2.08. The van der Waals surface area contributed by atoms with E-state index in [0.29, 0.717) is 0 Å². The van der Waals surface area contributed by atoms with Gasteiger partial charge in [0.25, 0.3) is 0 Å². The summed E-state index contributed by atoms with van der Waals surface area (Å²) in [6, 6.07) is 0. The van der Waals surface area contributed by atoms with Gasteiger partial charge in [-0.25, -0.2) is 9.97 Å². The van der Waals surface area contributed by atoms with Crippen molar-refractivity contribution >= 4 is 27.6 Å². The number of hydrogen-bond acceptors (Lipinski definition) is 4. The maximum absolute atomic E-state index is 4.27. The largest absolute Gasteiger partial charge is 0.369 e. The molecule has 1 fully saturated rings. The van der Waals surface area contributed by atoms with Gasteiger partial charge in [-0.1, -0.05) is 19.8 Å². The Kier molecular flexibility index (Phi) is 5.23. The van der Waals surface area contributed by atoms with Crippen molar-refractivity contribution in [2.45, 2.75) is 39.0 Å². The predicted molar refractivity (Wildman–Crippen MR) is 79.0 cm³/mol. The quantitative estimate of drug-likeness (QED) is 0.719. The molecule has 0 atom stereocenters. The predicted octanol–water partition coefficient (Wildman–Crippen LogP) is 3.66. The number of aromatic nitrogens is 2. The van der Waals surface area contributed by atoms with Gasteiger partial charge in [-0.3, -0.25) is 0 Å². The molecule has 0 amide bonds. The number of hydrogen-bond donors (Lipinski definition) is 2. The average Bonchev–Trinajstić information content (AvgIpc) is 3.19. The fourth-order valence-electron chi connectivity index (χ4n) is 1.86. The molecule has 100 valence electrons. The van der Waals surface area contributed by atoms with E-state index in [1.54, 1.807) is 6.33 Å². The highest BCUT2D eigenvalue weighted by molar-refractivity contribution is 9.10. The second kappa shape index (κ2) is 6.92. The standard InChI is InChI=1S/C13H21BrN4/c1-2-7-15-12-11(14)13(18-9-17-12)16-8-3-4-10-5-6-10/h9-10H,2-8H2,1H3,(H2,15,16,17,18). The molecular formula is C13H21BrN4. The second-order valence-electron chi connectivity index (χ2n) is 4.82. The minimum Gasteiger partial charge on any atom is -0.369 e. The summed E-state index contributed by atoms with van der Waals surface area (Å²) in [6.07, 6.45) is 8.12. The highest BCUT2D eigenvalue weighted by Gasteiger charge is 2.20. The SMILES string of the molecule is CCCNc1ncnc(NCCCC2CC2)c1Br. The highest BCUT2D eigenvalue weighted by atomic mass is 79.9. The van der Waals surface area contributed by atoms with Gasteiger partial charge in [0.15, 0.2) is 0 Å². The van der Waals surface area contributed by atoms with Crippen molar-refractivity contribution in [1.82, 2.24) is 9.97 Å². The first-order valence-electron chi connectivity index (χ1n) is 6.79. The zero-order valence-corrected chi connectivity index (χ0v) is 12.5. The Bertz CT molecular complexity index is 379. The van der Waals surface area contributed by atoms with Crippen molar-refractivity contribution in [1.29, 1.82) is 0 Å². The van der Waals surface area contributed by atoms with Gasteiger partial charge in [0.05, 0.1) is 0 Å². The molecule has 1 heterocycles. The summed E-state index contributed by atoms with van der Waals surface area (Å²) in [5.74, 6) is 2.76. The molecule has 1 aromatic heterocycles. The molecule has 0 bridgehead atoms. The first-order chi connectivity index (χ1) is 8.81. The molecule has 18 heavy (non-hydrogen) atoms. The van der Waals surface area contributed by atoms with Crippen molar-refractivity contribution in [3.63, 3.8) is 0 Å². The van der Waals surface area contributed by atoms with Crippen molar-refractivity contribution in [3.05, 3.63) is 10.8 Å². The van der Waals surface area contributed by atoms with E-state index >= 15 is 0 Å². The monoisotopic (exact) mass is 312 g/mol. The van der Waals surface area contributed by atoms with E-state index in [1.807, 2.05) is 0 Å². The molecule has 0 aromatic carbocycles. The van der Waals surface area contributed by atoms with Crippen LogP contribution in [-0.2, 0) is 0 Å². The molecule has 4 nitrogen and oxygen atoms in total. The molecule has 2 N–H and O–H groups in total. The Morgan fingerprint density at radius 3 is 2.50 bits per heavy atom. The van der Waals surface area contributed by atoms with E-state index < -0.39 is 0 Å². The maximum Gasteiger partial charge on any atom is 0.145 e. The van der Waals surface area contributed by atoms with Gasteiger partial charge < -0.3 is 10.6 Å². The zero-order chi connectivity index (χ0) is 12.8. The third-order valence-electron chi connectivity index (χ3n) is 3.11. The normalized spacial score (nSPS) is 14.6. The zero-order valence-electron chi connectivity index (χ0n) is 10.9. The number of nitrogens with zero attached hydrogens (tertiary/aromatic N) is 2. The Balaban J connectivity index is 1.82. The minimum absolute atomic E-state index is 0.872. The van der Waals surface area contributed by atoms with Crippen LogP contribution in [0.25, 0.3) is 0 Å². The van der Waals surface area contributed by atoms with Crippen molar-refractivity contribution in [2.24, 2.45) is 5.92 Å². The Morgan fingerprint density at radius 1 is 1.22 bits per heavy atom. The first-order valence-corrected chi connectivity index (χ1v) is 7.58. The van der Waals surface area contributed by atoms with Gasteiger partial charge in [0, 0.05) is 13.1 Å². The van der Waals surface area contributed by atoms with Gasteiger partial charge in [0.1, 0.15) is 22.4 Å². The van der Waals surface area contributed by atoms with Crippen LogP contribution in [0.2, 0.25) is 0 Å². The van der Waals surface area contributed by atoms with E-state index in [4.69, 9.17) is 0 Å². The summed E-state index contributed by atoms with van der Waals surface area (Å²) in [5.41, 5.74) is 0. The fourth-order valence-corrected chi connectivity index (χ4v) is 2.35. The second-order valence-corrected chi connectivity index (χ2v) is 5.62. The van der Waals surface area contributed by atoms with E-state index in [9.17, 15) is 0 Å². The summed E-state index contributed by atoms with van der Waals surface area (Å²) >= 11 is 3.55. The maximum atomic E-state index is 4.27. The van der Waals surface area contributed by atoms with Crippen LogP contribution in [0, 0.1) is 5.92 Å². The molecule has 0 spiro atoms. The number of halogens is 1. The van der Waals surface area contributed by atoms with E-state index in [2.05, 4.69) is 43.5 Å².